The Morgan fingerprint density at radius 1 is 1.00 bits per heavy atom. The molecule has 0 aromatic heterocycles. The minimum atomic E-state index is -2.69. The van der Waals surface area contributed by atoms with Crippen molar-refractivity contribution in [1.29, 1.82) is 0 Å². The molecule has 0 spiro atoms. The summed E-state index contributed by atoms with van der Waals surface area (Å²) in [6.45, 7) is 6.53. The first-order valence-electron chi connectivity index (χ1n) is 8.01. The van der Waals surface area contributed by atoms with Crippen LogP contribution in [0, 0.1) is 0 Å². The van der Waals surface area contributed by atoms with Crippen LogP contribution in [0.15, 0.2) is 9.92 Å². The van der Waals surface area contributed by atoms with Crippen molar-refractivity contribution in [2.75, 3.05) is 7.11 Å². The van der Waals surface area contributed by atoms with Gasteiger partial charge in [-0.3, -0.25) is 0 Å². The Kier molecular flexibility index (Phi) is 11.5. The molecule has 0 amide bonds. The number of rotatable bonds is 11. The summed E-state index contributed by atoms with van der Waals surface area (Å²) in [5, 5.41) is 0. The minimum absolute atomic E-state index is 0.633. The van der Waals surface area contributed by atoms with Crippen molar-refractivity contribution in [3.63, 3.8) is 0 Å². The molecule has 4 heteroatoms. The Balaban J connectivity index is 5.15. The second-order valence-electron chi connectivity index (χ2n) is 5.66. The second kappa shape index (κ2) is 11.6. The summed E-state index contributed by atoms with van der Waals surface area (Å²) in [4.78, 5) is 11.4. The van der Waals surface area contributed by atoms with Gasteiger partial charge in [0.1, 0.15) is 0 Å². The molecule has 0 saturated heterocycles. The van der Waals surface area contributed by atoms with E-state index < -0.39 is 30.2 Å². The fraction of sp³-hybridized carbons (Fsp3) is 0.812. The molecule has 0 atom stereocenters. The fourth-order valence-electron chi connectivity index (χ4n) is 2.60. The van der Waals surface area contributed by atoms with Crippen molar-refractivity contribution < 1.29 is 13.9 Å². The molecule has 0 bridgehead atoms. The fourth-order valence-corrected chi connectivity index (χ4v) is 16.9. The molecular formula is C16H31FO2Sn. The van der Waals surface area contributed by atoms with Crippen LogP contribution in [0.1, 0.15) is 59.3 Å². The molecule has 0 radical (unpaired) electrons. The number of carbonyl (C=O) groups excluding carboxylic acids is 1. The summed E-state index contributed by atoms with van der Waals surface area (Å²) in [7, 11) is 1.25. The monoisotopic (exact) mass is 394 g/mol. The Morgan fingerprint density at radius 3 is 1.70 bits per heavy atom. The van der Waals surface area contributed by atoms with Gasteiger partial charge < -0.3 is 0 Å². The maximum atomic E-state index is 14.0. The van der Waals surface area contributed by atoms with E-state index in [1.54, 1.807) is 4.09 Å². The third-order valence-corrected chi connectivity index (χ3v) is 17.9. The number of hydrogen-bond donors (Lipinski definition) is 0. The van der Waals surface area contributed by atoms with Crippen LogP contribution in [0.4, 0.5) is 4.39 Å². The van der Waals surface area contributed by atoms with Crippen LogP contribution in [0.3, 0.4) is 0 Å². The van der Waals surface area contributed by atoms with E-state index in [-0.39, 0.29) is 0 Å². The first-order valence-corrected chi connectivity index (χ1v) is 15.7. The summed E-state index contributed by atoms with van der Waals surface area (Å²) in [6, 6.07) is 0. The molecule has 20 heavy (non-hydrogen) atoms. The van der Waals surface area contributed by atoms with Gasteiger partial charge in [0.25, 0.3) is 0 Å². The van der Waals surface area contributed by atoms with Gasteiger partial charge in [0.15, 0.2) is 0 Å². The summed E-state index contributed by atoms with van der Waals surface area (Å²) >= 11 is -2.69. The van der Waals surface area contributed by atoms with Gasteiger partial charge in [-0.1, -0.05) is 0 Å². The molecule has 0 rings (SSSR count). The van der Waals surface area contributed by atoms with Crippen LogP contribution < -0.4 is 0 Å². The van der Waals surface area contributed by atoms with E-state index >= 15 is 0 Å². The molecule has 2 nitrogen and oxygen atoms in total. The number of ether oxygens (including phenoxy) is 1. The number of methoxy groups -OCH3 is 1. The molecule has 0 aliphatic heterocycles. The molecule has 0 heterocycles. The Hall–Kier alpha value is -0.0613. The quantitative estimate of drug-likeness (QED) is 0.267. The Morgan fingerprint density at radius 2 is 1.40 bits per heavy atom. The average molecular weight is 393 g/mol. The van der Waals surface area contributed by atoms with Gasteiger partial charge in [-0.05, 0) is 0 Å². The number of halogens is 1. The van der Waals surface area contributed by atoms with Crippen LogP contribution in [-0.4, -0.2) is 31.5 Å². The molecule has 0 N–H and O–H groups in total. The van der Waals surface area contributed by atoms with Gasteiger partial charge in [-0.2, -0.15) is 0 Å². The van der Waals surface area contributed by atoms with E-state index in [1.807, 2.05) is 0 Å². The van der Waals surface area contributed by atoms with Crippen molar-refractivity contribution in [3.05, 3.63) is 9.92 Å². The number of carbonyl (C=O) groups is 1. The molecule has 0 fully saturated rings. The molecule has 0 aliphatic carbocycles. The molecule has 0 aromatic rings. The molecule has 118 valence electrons. The van der Waals surface area contributed by atoms with Crippen molar-refractivity contribution in [2.24, 2.45) is 0 Å². The zero-order valence-electron chi connectivity index (χ0n) is 13.6. The number of unbranched alkanes of at least 4 members (excludes halogenated alkanes) is 3. The van der Waals surface area contributed by atoms with Gasteiger partial charge in [0, 0.05) is 0 Å². The van der Waals surface area contributed by atoms with Crippen molar-refractivity contribution in [1.82, 2.24) is 0 Å². The van der Waals surface area contributed by atoms with Crippen molar-refractivity contribution >= 4 is 24.3 Å². The summed E-state index contributed by atoms with van der Waals surface area (Å²) in [5.41, 5.74) is 0. The van der Waals surface area contributed by atoms with Gasteiger partial charge in [0.2, 0.25) is 0 Å². The van der Waals surface area contributed by atoms with E-state index in [0.717, 1.165) is 51.8 Å². The van der Waals surface area contributed by atoms with Gasteiger partial charge in [-0.25, -0.2) is 0 Å². The third kappa shape index (κ3) is 7.65. The topological polar surface area (TPSA) is 26.3 Å². The van der Waals surface area contributed by atoms with Gasteiger partial charge in [-0.15, -0.1) is 0 Å². The molecule has 0 aliphatic rings. The second-order valence-corrected chi connectivity index (χ2v) is 18.5. The summed E-state index contributed by atoms with van der Waals surface area (Å²) < 4.78 is 23.8. The summed E-state index contributed by atoms with van der Waals surface area (Å²) in [5.74, 6) is -1.43. The zero-order valence-corrected chi connectivity index (χ0v) is 16.5. The van der Waals surface area contributed by atoms with Gasteiger partial charge in [0.05, 0.1) is 0 Å². The SMILES string of the molecule is CCC[CH2][Sn](/[CH]=C(\F)C(=O)OC)([CH2]CCC)[CH2]CCC. The van der Waals surface area contributed by atoms with E-state index in [4.69, 9.17) is 0 Å². The van der Waals surface area contributed by atoms with Gasteiger partial charge >= 0.3 is 128 Å². The van der Waals surface area contributed by atoms with Crippen LogP contribution in [0.2, 0.25) is 13.3 Å². The predicted molar refractivity (Wildman–Crippen MR) is 86.1 cm³/mol. The van der Waals surface area contributed by atoms with Crippen molar-refractivity contribution in [3.8, 4) is 0 Å². The van der Waals surface area contributed by atoms with Crippen LogP contribution in [-0.2, 0) is 9.53 Å². The average Bonchev–Trinajstić information content (AvgIpc) is 2.47. The molecule has 0 unspecified atom stereocenters. The first kappa shape index (κ1) is 19.9. The van der Waals surface area contributed by atoms with E-state index in [0.29, 0.717) is 0 Å². The van der Waals surface area contributed by atoms with Crippen LogP contribution in [0.25, 0.3) is 0 Å². The first-order chi connectivity index (χ1) is 9.55. The van der Waals surface area contributed by atoms with Crippen molar-refractivity contribution in [2.45, 2.75) is 72.6 Å². The zero-order chi connectivity index (χ0) is 15.4. The maximum absolute atomic E-state index is 14.0. The summed E-state index contributed by atoms with van der Waals surface area (Å²) in [6.07, 6.45) is 6.91. The number of hydrogen-bond acceptors (Lipinski definition) is 2. The normalized spacial score (nSPS) is 12.6. The van der Waals surface area contributed by atoms with E-state index in [2.05, 4.69) is 25.5 Å². The van der Waals surface area contributed by atoms with E-state index in [9.17, 15) is 9.18 Å². The standard InChI is InChI=1S/C4H4FO2.3C4H9.Sn/c1-3(5)4(6)7-2;3*1-3-4-2;/h1H,2H3;3*1,3-4H2,2H3;. The molecule has 0 aromatic carbocycles. The Labute approximate surface area is 128 Å². The van der Waals surface area contributed by atoms with E-state index in [1.165, 1.54) is 7.11 Å². The Bertz CT molecular complexity index is 281. The van der Waals surface area contributed by atoms with Crippen LogP contribution in [0.5, 0.6) is 0 Å². The number of esters is 1. The third-order valence-electron chi connectivity index (χ3n) is 3.90. The predicted octanol–water partition coefficient (Wildman–Crippen LogP) is 5.40. The van der Waals surface area contributed by atoms with Crippen LogP contribution >= 0.6 is 0 Å². The molecule has 0 saturated carbocycles. The molecular weight excluding hydrogens is 362 g/mol.